The molecule has 8 heteroatoms. The largest absolute Gasteiger partial charge is 0.454 e. The van der Waals surface area contributed by atoms with Gasteiger partial charge in [0.15, 0.2) is 11.2 Å². The highest BCUT2D eigenvalue weighted by Gasteiger charge is 2.20. The smallest absolute Gasteiger partial charge is 0.338 e. The highest BCUT2D eigenvalue weighted by Crippen LogP contribution is 2.16. The number of carbonyl (C=O) groups is 1. The summed E-state index contributed by atoms with van der Waals surface area (Å²) in [5, 5.41) is 0. The topological polar surface area (TPSA) is 99.0 Å². The molecule has 0 amide bonds. The van der Waals surface area contributed by atoms with Crippen LogP contribution in [0.15, 0.2) is 27.8 Å². The summed E-state index contributed by atoms with van der Waals surface area (Å²) in [7, 11) is 0. The number of unbranched alkanes of at least 4 members (excludes halogenated alkanes) is 1. The molecule has 0 atom stereocenters. The average Bonchev–Trinajstić information content (AvgIpc) is 3.05. The summed E-state index contributed by atoms with van der Waals surface area (Å²) in [6.07, 6.45) is 2.46. The molecule has 0 unspecified atom stereocenters. The molecule has 1 aromatic carbocycles. The number of imidazole rings is 1. The summed E-state index contributed by atoms with van der Waals surface area (Å²) in [6.45, 7) is 8.75. The maximum absolute atomic E-state index is 12.6. The van der Waals surface area contributed by atoms with Gasteiger partial charge in [-0.25, -0.2) is 14.6 Å². The highest BCUT2D eigenvalue weighted by atomic mass is 16.5. The normalized spacial score (nSPS) is 11.2. The number of H-pyrrole nitrogens is 1. The number of rotatable bonds is 8. The molecule has 0 aliphatic heterocycles. The van der Waals surface area contributed by atoms with E-state index >= 15 is 0 Å². The number of benzene rings is 1. The molecule has 0 aliphatic carbocycles. The van der Waals surface area contributed by atoms with Crippen molar-refractivity contribution in [3.8, 4) is 0 Å². The second kappa shape index (κ2) is 9.11. The van der Waals surface area contributed by atoms with E-state index in [4.69, 9.17) is 4.74 Å². The number of nitrogens with one attached hydrogen (secondary N) is 1. The molecule has 0 fully saturated rings. The first-order valence-electron chi connectivity index (χ1n) is 10.3. The number of ether oxygens (including phenoxy) is 1. The molecule has 8 nitrogen and oxygen atoms in total. The molecule has 0 aliphatic rings. The van der Waals surface area contributed by atoms with Gasteiger partial charge in [-0.3, -0.25) is 14.3 Å². The van der Waals surface area contributed by atoms with Gasteiger partial charge in [-0.1, -0.05) is 38.0 Å². The monoisotopic (exact) mass is 412 g/mol. The summed E-state index contributed by atoms with van der Waals surface area (Å²) >= 11 is 0. The fraction of sp³-hybridized carbons (Fsp3) is 0.455. The average molecular weight is 412 g/mol. The predicted molar refractivity (Wildman–Crippen MR) is 115 cm³/mol. The number of aromatic amines is 1. The minimum atomic E-state index is -0.476. The molecular weight excluding hydrogens is 384 g/mol. The molecule has 30 heavy (non-hydrogen) atoms. The second-order valence-corrected chi connectivity index (χ2v) is 7.51. The fourth-order valence-electron chi connectivity index (χ4n) is 3.57. The van der Waals surface area contributed by atoms with E-state index in [1.165, 1.54) is 4.57 Å². The van der Waals surface area contributed by atoms with Gasteiger partial charge in [0, 0.05) is 13.1 Å². The molecule has 2 aromatic heterocycles. The predicted octanol–water partition coefficient (Wildman–Crippen LogP) is 3.07. The third-order valence-corrected chi connectivity index (χ3v) is 5.08. The van der Waals surface area contributed by atoms with Gasteiger partial charge < -0.3 is 9.30 Å². The van der Waals surface area contributed by atoms with Crippen molar-refractivity contribution >= 4 is 17.1 Å². The van der Waals surface area contributed by atoms with Crippen molar-refractivity contribution in [1.82, 2.24) is 19.1 Å². The molecule has 0 radical (unpaired) electrons. The first-order chi connectivity index (χ1) is 14.4. The van der Waals surface area contributed by atoms with E-state index in [-0.39, 0.29) is 6.61 Å². The molecule has 2 heterocycles. The van der Waals surface area contributed by atoms with E-state index in [9.17, 15) is 14.4 Å². The zero-order valence-corrected chi connectivity index (χ0v) is 17.9. The summed E-state index contributed by atoms with van der Waals surface area (Å²) < 4.78 is 8.75. The van der Waals surface area contributed by atoms with Crippen LogP contribution < -0.4 is 11.2 Å². The Balaban J connectivity index is 1.99. The molecular formula is C22H28N4O4. The van der Waals surface area contributed by atoms with Crippen molar-refractivity contribution < 1.29 is 9.53 Å². The number of nitrogens with zero attached hydrogens (tertiary/aromatic N) is 3. The maximum Gasteiger partial charge on any atom is 0.338 e. The van der Waals surface area contributed by atoms with E-state index in [0.717, 1.165) is 30.4 Å². The molecule has 0 bridgehead atoms. The van der Waals surface area contributed by atoms with Gasteiger partial charge in [0.05, 0.1) is 5.56 Å². The van der Waals surface area contributed by atoms with Crippen molar-refractivity contribution in [3.63, 3.8) is 0 Å². The number of aryl methyl sites for hydroxylation is 4. The second-order valence-electron chi connectivity index (χ2n) is 7.51. The van der Waals surface area contributed by atoms with E-state index in [2.05, 4.69) is 9.97 Å². The van der Waals surface area contributed by atoms with Crippen molar-refractivity contribution in [1.29, 1.82) is 0 Å². The molecule has 160 valence electrons. The summed E-state index contributed by atoms with van der Waals surface area (Å²) in [5.74, 6) is 0.00574. The number of esters is 1. The summed E-state index contributed by atoms with van der Waals surface area (Å²) in [4.78, 5) is 44.4. The summed E-state index contributed by atoms with van der Waals surface area (Å²) in [5.41, 5.74) is 2.13. The Bertz CT molecular complexity index is 1190. The van der Waals surface area contributed by atoms with Gasteiger partial charge >= 0.3 is 11.7 Å². The third-order valence-electron chi connectivity index (χ3n) is 5.08. The number of hydrogen-bond acceptors (Lipinski definition) is 5. The maximum atomic E-state index is 12.6. The Morgan fingerprint density at radius 3 is 2.53 bits per heavy atom. The number of hydrogen-bond donors (Lipinski definition) is 1. The zero-order valence-electron chi connectivity index (χ0n) is 17.9. The van der Waals surface area contributed by atoms with Crippen LogP contribution in [0.4, 0.5) is 0 Å². The quantitative estimate of drug-likeness (QED) is 0.573. The van der Waals surface area contributed by atoms with Crippen LogP contribution in [-0.2, 0) is 24.4 Å². The number of carbonyl (C=O) groups excluding carboxylic acids is 1. The van der Waals surface area contributed by atoms with Gasteiger partial charge in [0.25, 0.3) is 5.56 Å². The lowest BCUT2D eigenvalue weighted by molar-refractivity contribution is 0.0457. The first kappa shape index (κ1) is 21.5. The highest BCUT2D eigenvalue weighted by molar-refractivity contribution is 5.91. The molecule has 0 saturated heterocycles. The van der Waals surface area contributed by atoms with Crippen LogP contribution in [0.25, 0.3) is 11.2 Å². The fourth-order valence-corrected chi connectivity index (χ4v) is 3.57. The van der Waals surface area contributed by atoms with Crippen LogP contribution in [0.1, 0.15) is 60.4 Å². The Hall–Kier alpha value is -3.16. The molecule has 3 rings (SSSR count). The van der Waals surface area contributed by atoms with Crippen molar-refractivity contribution in [3.05, 3.63) is 61.6 Å². The van der Waals surface area contributed by atoms with Crippen molar-refractivity contribution in [2.45, 2.75) is 66.7 Å². The Morgan fingerprint density at radius 1 is 1.10 bits per heavy atom. The van der Waals surface area contributed by atoms with Gasteiger partial charge in [0.1, 0.15) is 12.4 Å². The lowest BCUT2D eigenvalue weighted by Gasteiger charge is -2.10. The Kier molecular flexibility index (Phi) is 6.54. The minimum Gasteiger partial charge on any atom is -0.454 e. The van der Waals surface area contributed by atoms with Crippen LogP contribution in [0.3, 0.4) is 0 Å². The van der Waals surface area contributed by atoms with E-state index < -0.39 is 17.2 Å². The van der Waals surface area contributed by atoms with Crippen LogP contribution in [0.2, 0.25) is 0 Å². The third kappa shape index (κ3) is 4.22. The first-order valence-corrected chi connectivity index (χ1v) is 10.3. The van der Waals surface area contributed by atoms with Crippen LogP contribution in [0.5, 0.6) is 0 Å². The molecule has 0 saturated carbocycles. The van der Waals surface area contributed by atoms with Gasteiger partial charge in [-0.2, -0.15) is 0 Å². The van der Waals surface area contributed by atoms with Gasteiger partial charge in [-0.15, -0.1) is 0 Å². The van der Waals surface area contributed by atoms with Crippen LogP contribution in [0, 0.1) is 13.8 Å². The van der Waals surface area contributed by atoms with Crippen LogP contribution in [-0.4, -0.2) is 25.1 Å². The molecule has 0 spiro atoms. The molecule has 3 aromatic rings. The van der Waals surface area contributed by atoms with Gasteiger partial charge in [-0.05, 0) is 38.3 Å². The van der Waals surface area contributed by atoms with E-state index in [1.54, 1.807) is 10.6 Å². The number of aromatic nitrogens is 4. The lowest BCUT2D eigenvalue weighted by atomic mass is 10.1. The van der Waals surface area contributed by atoms with E-state index in [1.807, 2.05) is 39.8 Å². The van der Waals surface area contributed by atoms with Gasteiger partial charge in [0.2, 0.25) is 0 Å². The SMILES string of the molecule is CCCCn1c(=O)[nH]c(=O)c2c1nc(COC(=O)c1ccc(C)cc1C)n2CCC. The Labute approximate surface area is 174 Å². The standard InChI is InChI=1S/C22H28N4O4/c1-5-7-11-26-19-18(20(27)24-22(26)29)25(10-6-2)17(23-19)13-30-21(28)16-9-8-14(3)12-15(16)4/h8-9,12H,5-7,10-11,13H2,1-4H3,(H,24,27,29). The van der Waals surface area contributed by atoms with E-state index in [0.29, 0.717) is 35.6 Å². The molecule has 1 N–H and O–H groups in total. The zero-order chi connectivity index (χ0) is 21.8. The van der Waals surface area contributed by atoms with Crippen LogP contribution >= 0.6 is 0 Å². The Morgan fingerprint density at radius 2 is 1.87 bits per heavy atom. The summed E-state index contributed by atoms with van der Waals surface area (Å²) in [6, 6.07) is 5.53. The lowest BCUT2D eigenvalue weighted by Crippen LogP contribution is -2.31. The van der Waals surface area contributed by atoms with Crippen molar-refractivity contribution in [2.24, 2.45) is 0 Å². The van der Waals surface area contributed by atoms with Crippen molar-refractivity contribution in [2.75, 3.05) is 0 Å². The number of fused-ring (bicyclic) bond motifs is 1. The minimum absolute atomic E-state index is 0.0811.